The molecule has 4 aromatic rings. The zero-order chi connectivity index (χ0) is 38.8. The standard InChI is InChI=1S/C39H38F2N8O6S/c1-20(50)46-12-8-30-28(18-46)35(45-49(30)23-9-13-55-14-10-23)47-11-2-3-21-15-25(26(34(40)41)17-32(21)47)29-19-56-39(43-29)42-22-4-5-24-27(16-22)38(54)48(37(24)53)31-6-7-33(51)44-36(31)52/h4-5,15-17,19,23,31,34H,2-3,6-14,18H2,1H3,(H,42,43)(H,44,51,52). The molecule has 5 amide bonds. The quantitative estimate of drug-likeness (QED) is 0.232. The van der Waals surface area contributed by atoms with Gasteiger partial charge in [0.1, 0.15) is 6.04 Å². The van der Waals surface area contributed by atoms with Crippen molar-refractivity contribution in [2.75, 3.05) is 36.5 Å². The molecule has 0 saturated carbocycles. The molecule has 17 heteroatoms. The number of carbonyl (C=O) groups is 5. The fourth-order valence-electron chi connectivity index (χ4n) is 8.54. The van der Waals surface area contributed by atoms with E-state index in [0.717, 1.165) is 41.0 Å². The number of piperidine rings is 1. The molecule has 0 spiro atoms. The monoisotopic (exact) mass is 784 g/mol. The van der Waals surface area contributed by atoms with E-state index >= 15 is 0 Å². The minimum atomic E-state index is -2.80. The average molecular weight is 785 g/mol. The lowest BCUT2D eigenvalue weighted by atomic mass is 9.94. The number of alkyl halides is 2. The third-order valence-corrected chi connectivity index (χ3v) is 12.1. The lowest BCUT2D eigenvalue weighted by molar-refractivity contribution is -0.136. The maximum atomic E-state index is 15.0. The highest BCUT2D eigenvalue weighted by molar-refractivity contribution is 7.14. The Kier molecular flexibility index (Phi) is 9.15. The van der Waals surface area contributed by atoms with Crippen molar-refractivity contribution in [2.45, 2.75) is 76.9 Å². The summed E-state index contributed by atoms with van der Waals surface area (Å²) in [5.74, 6) is -1.70. The van der Waals surface area contributed by atoms with Gasteiger partial charge in [0.05, 0.1) is 29.4 Å². The summed E-state index contributed by atoms with van der Waals surface area (Å²) in [6.07, 6.45) is 1.05. The Balaban J connectivity index is 1.00. The lowest BCUT2D eigenvalue weighted by Gasteiger charge is -2.33. The number of hydrogen-bond acceptors (Lipinski definition) is 11. The Bertz CT molecular complexity index is 2320. The zero-order valence-electron chi connectivity index (χ0n) is 30.5. The van der Waals surface area contributed by atoms with Crippen LogP contribution in [-0.4, -0.2) is 86.4 Å². The van der Waals surface area contributed by atoms with E-state index in [0.29, 0.717) is 79.3 Å². The number of hydrogen-bond donors (Lipinski definition) is 2. The largest absolute Gasteiger partial charge is 0.381 e. The molecule has 0 radical (unpaired) electrons. The number of carbonyl (C=O) groups excluding carboxylic acids is 5. The Morgan fingerprint density at radius 3 is 2.55 bits per heavy atom. The molecule has 2 aromatic carbocycles. The number of ether oxygens (including phenoxy) is 1. The minimum absolute atomic E-state index is 0.0163. The van der Waals surface area contributed by atoms with Crippen LogP contribution in [0.1, 0.15) is 94.6 Å². The number of benzene rings is 2. The second kappa shape index (κ2) is 14.2. The Hall–Kier alpha value is -5.55. The first-order valence-electron chi connectivity index (χ1n) is 18.8. The second-order valence-corrected chi connectivity index (χ2v) is 15.6. The van der Waals surface area contributed by atoms with Crippen molar-refractivity contribution in [3.8, 4) is 11.3 Å². The summed E-state index contributed by atoms with van der Waals surface area (Å²) in [4.78, 5) is 72.5. The molecule has 1 atom stereocenters. The fraction of sp³-hybridized carbons (Fsp3) is 0.410. The van der Waals surface area contributed by atoms with Gasteiger partial charge < -0.3 is 19.9 Å². The molecule has 9 rings (SSSR count). The van der Waals surface area contributed by atoms with Gasteiger partial charge in [-0.1, -0.05) is 0 Å². The van der Waals surface area contributed by atoms with Crippen LogP contribution in [0.2, 0.25) is 0 Å². The van der Waals surface area contributed by atoms with Crippen LogP contribution >= 0.6 is 11.3 Å². The number of rotatable bonds is 7. The predicted octanol–water partition coefficient (Wildman–Crippen LogP) is 5.43. The van der Waals surface area contributed by atoms with Gasteiger partial charge in [-0.05, 0) is 68.0 Å². The highest BCUT2D eigenvalue weighted by Gasteiger charge is 2.45. The topological polar surface area (TPSA) is 159 Å². The van der Waals surface area contributed by atoms with Crippen LogP contribution in [0, 0.1) is 0 Å². The molecule has 0 bridgehead atoms. The molecule has 7 heterocycles. The maximum absolute atomic E-state index is 15.0. The normalized spacial score (nSPS) is 20.0. The number of aromatic nitrogens is 3. The van der Waals surface area contributed by atoms with E-state index in [-0.39, 0.29) is 41.5 Å². The van der Waals surface area contributed by atoms with Crippen molar-refractivity contribution in [1.82, 2.24) is 29.9 Å². The molecule has 0 aliphatic carbocycles. The molecule has 1 unspecified atom stereocenters. The van der Waals surface area contributed by atoms with Gasteiger partial charge in [0.15, 0.2) is 10.9 Å². The number of nitrogens with zero attached hydrogens (tertiary/aromatic N) is 6. The van der Waals surface area contributed by atoms with Crippen molar-refractivity contribution >= 4 is 63.2 Å². The van der Waals surface area contributed by atoms with Gasteiger partial charge in [-0.2, -0.15) is 5.10 Å². The van der Waals surface area contributed by atoms with Crippen LogP contribution in [-0.2, 0) is 38.5 Å². The molecule has 56 heavy (non-hydrogen) atoms. The van der Waals surface area contributed by atoms with Crippen molar-refractivity contribution in [3.63, 3.8) is 0 Å². The van der Waals surface area contributed by atoms with Gasteiger partial charge in [0, 0.05) is 85.2 Å². The van der Waals surface area contributed by atoms with Gasteiger partial charge in [0.2, 0.25) is 17.7 Å². The number of amides is 5. The zero-order valence-corrected chi connectivity index (χ0v) is 31.3. The summed E-state index contributed by atoms with van der Waals surface area (Å²) < 4.78 is 37.7. The minimum Gasteiger partial charge on any atom is -0.381 e. The first kappa shape index (κ1) is 36.1. The van der Waals surface area contributed by atoms with Crippen LogP contribution in [0.4, 0.5) is 31.1 Å². The Morgan fingerprint density at radius 1 is 0.982 bits per heavy atom. The third-order valence-electron chi connectivity index (χ3n) is 11.4. The summed E-state index contributed by atoms with van der Waals surface area (Å²) in [7, 11) is 0. The molecule has 5 aliphatic rings. The number of halogens is 2. The van der Waals surface area contributed by atoms with Gasteiger partial charge in [-0.3, -0.25) is 38.9 Å². The lowest BCUT2D eigenvalue weighted by Crippen LogP contribution is -2.54. The number of fused-ring (bicyclic) bond motifs is 3. The fourth-order valence-corrected chi connectivity index (χ4v) is 9.27. The van der Waals surface area contributed by atoms with E-state index in [1.807, 2.05) is 9.80 Å². The number of imide groups is 2. The molecule has 2 saturated heterocycles. The molecule has 2 aromatic heterocycles. The smallest absolute Gasteiger partial charge is 0.264 e. The first-order chi connectivity index (χ1) is 27.0. The molecule has 290 valence electrons. The third kappa shape index (κ3) is 6.22. The van der Waals surface area contributed by atoms with Crippen LogP contribution in [0.5, 0.6) is 0 Å². The molecule has 2 fully saturated rings. The second-order valence-electron chi connectivity index (χ2n) is 14.7. The van der Waals surface area contributed by atoms with Crippen LogP contribution < -0.4 is 15.5 Å². The van der Waals surface area contributed by atoms with E-state index in [1.165, 1.54) is 23.5 Å². The number of anilines is 4. The van der Waals surface area contributed by atoms with Gasteiger partial charge in [0.25, 0.3) is 18.2 Å². The molecule has 2 N–H and O–H groups in total. The average Bonchev–Trinajstić information content (AvgIpc) is 3.88. The van der Waals surface area contributed by atoms with Gasteiger partial charge in [-0.25, -0.2) is 13.8 Å². The van der Waals surface area contributed by atoms with E-state index in [2.05, 4.69) is 20.3 Å². The Morgan fingerprint density at radius 2 is 1.79 bits per heavy atom. The van der Waals surface area contributed by atoms with Crippen LogP contribution in [0.25, 0.3) is 11.3 Å². The van der Waals surface area contributed by atoms with Crippen LogP contribution in [0.3, 0.4) is 0 Å². The van der Waals surface area contributed by atoms with Crippen molar-refractivity contribution in [1.29, 1.82) is 0 Å². The van der Waals surface area contributed by atoms with Gasteiger partial charge >= 0.3 is 0 Å². The summed E-state index contributed by atoms with van der Waals surface area (Å²) in [6, 6.07) is 7.04. The predicted molar refractivity (Wildman–Crippen MR) is 200 cm³/mol. The molecular weight excluding hydrogens is 747 g/mol. The van der Waals surface area contributed by atoms with E-state index in [4.69, 9.17) is 9.84 Å². The van der Waals surface area contributed by atoms with Crippen molar-refractivity contribution in [2.24, 2.45) is 0 Å². The summed E-state index contributed by atoms with van der Waals surface area (Å²) in [5.41, 5.74) is 4.83. The summed E-state index contributed by atoms with van der Waals surface area (Å²) in [6.45, 7) is 4.47. The summed E-state index contributed by atoms with van der Waals surface area (Å²) >= 11 is 1.21. The number of thiazole rings is 1. The maximum Gasteiger partial charge on any atom is 0.264 e. The summed E-state index contributed by atoms with van der Waals surface area (Å²) in [5, 5.41) is 12.6. The molecule has 14 nitrogen and oxygen atoms in total. The number of nitrogens with one attached hydrogen (secondary N) is 2. The first-order valence-corrected chi connectivity index (χ1v) is 19.7. The highest BCUT2D eigenvalue weighted by Crippen LogP contribution is 2.44. The van der Waals surface area contributed by atoms with Crippen LogP contribution in [0.15, 0.2) is 35.7 Å². The van der Waals surface area contributed by atoms with E-state index < -0.39 is 36.1 Å². The SMILES string of the molecule is CC(=O)N1CCc2c(c(N3CCCc4cc(-c5csc(Nc6ccc7c(c6)C(=O)N(C6CCC(=O)NC6=O)C7=O)n5)c(C(F)F)cc43)nn2C2CCOCC2)C1. The Labute approximate surface area is 323 Å². The van der Waals surface area contributed by atoms with E-state index in [9.17, 15) is 32.8 Å². The molecular formula is C39H38F2N8O6S. The number of aryl methyl sites for hydroxylation is 1. The van der Waals surface area contributed by atoms with Crippen molar-refractivity contribution < 1.29 is 37.5 Å². The highest BCUT2D eigenvalue weighted by atomic mass is 32.1. The van der Waals surface area contributed by atoms with Gasteiger partial charge in [-0.15, -0.1) is 11.3 Å². The van der Waals surface area contributed by atoms with Crippen molar-refractivity contribution in [3.05, 3.63) is 69.2 Å². The molecule has 5 aliphatic heterocycles. The van der Waals surface area contributed by atoms with E-state index in [1.54, 1.807) is 30.5 Å².